The molecule has 2 nitrogen and oxygen atoms in total. The van der Waals surface area contributed by atoms with E-state index in [2.05, 4.69) is 52.0 Å². The molecule has 0 radical (unpaired) electrons. The van der Waals surface area contributed by atoms with Crippen LogP contribution in [-0.4, -0.2) is 24.0 Å². The number of nitrogens with zero attached hydrogens (tertiary/aromatic N) is 1. The smallest absolute Gasteiger partial charge is 0.0233 e. The van der Waals surface area contributed by atoms with Crippen LogP contribution in [0.2, 0.25) is 0 Å². The Kier molecular flexibility index (Phi) is 6.64. The summed E-state index contributed by atoms with van der Waals surface area (Å²) >= 11 is 3.47. The molecule has 1 aliphatic heterocycles. The van der Waals surface area contributed by atoms with Crippen LogP contribution in [0.1, 0.15) is 25.3 Å². The van der Waals surface area contributed by atoms with Crippen molar-refractivity contribution in [3.8, 4) is 0 Å². The molecule has 0 aliphatic carbocycles. The first-order valence-electron chi connectivity index (χ1n) is 6.37. The fraction of sp³-hybridized carbons (Fsp3) is 0.571. The van der Waals surface area contributed by atoms with Crippen LogP contribution in [0.4, 0.5) is 0 Å². The Bertz CT molecular complexity index is 345. The van der Waals surface area contributed by atoms with Crippen molar-refractivity contribution in [2.75, 3.05) is 13.1 Å². The summed E-state index contributed by atoms with van der Waals surface area (Å²) in [5.41, 5.74) is 7.35. The first-order chi connectivity index (χ1) is 8.15. The van der Waals surface area contributed by atoms with Gasteiger partial charge in [0.15, 0.2) is 0 Å². The maximum absolute atomic E-state index is 5.96. The van der Waals surface area contributed by atoms with Crippen LogP contribution in [0.25, 0.3) is 0 Å². The van der Waals surface area contributed by atoms with E-state index >= 15 is 0 Å². The number of likely N-dealkylation sites (tertiary alicyclic amines) is 1. The van der Waals surface area contributed by atoms with E-state index in [0.29, 0.717) is 6.04 Å². The molecule has 18 heavy (non-hydrogen) atoms. The normalized spacial score (nSPS) is 19.3. The molecule has 1 aromatic rings. The largest absolute Gasteiger partial charge is 0.328 e. The second-order valence-electron chi connectivity index (χ2n) is 5.10. The van der Waals surface area contributed by atoms with Crippen molar-refractivity contribution in [2.45, 2.75) is 32.4 Å². The number of rotatable bonds is 3. The molecule has 0 saturated carbocycles. The van der Waals surface area contributed by atoms with Crippen molar-refractivity contribution in [2.24, 2.45) is 11.7 Å². The molecule has 2 rings (SSSR count). The number of halogens is 2. The molecule has 1 aliphatic rings. The second-order valence-corrected chi connectivity index (χ2v) is 6.01. The quantitative estimate of drug-likeness (QED) is 0.918. The molecule has 0 aromatic heterocycles. The molecule has 1 atom stereocenters. The fourth-order valence-corrected chi connectivity index (χ4v) is 2.75. The average molecular weight is 334 g/mol. The van der Waals surface area contributed by atoms with Crippen LogP contribution in [-0.2, 0) is 6.54 Å². The van der Waals surface area contributed by atoms with E-state index < -0.39 is 0 Å². The van der Waals surface area contributed by atoms with Gasteiger partial charge >= 0.3 is 0 Å². The predicted octanol–water partition coefficient (Wildman–Crippen LogP) is 3.43. The third-order valence-corrected chi connectivity index (χ3v) is 4.22. The lowest BCUT2D eigenvalue weighted by molar-refractivity contribution is 0.166. The molecular formula is C14H22BrClN2. The SMILES string of the molecule is CC(N)C1CCN(Cc2ccc(Br)cc2)CC1.Cl. The monoisotopic (exact) mass is 332 g/mol. The molecule has 0 bridgehead atoms. The van der Waals surface area contributed by atoms with E-state index in [4.69, 9.17) is 5.73 Å². The fourth-order valence-electron chi connectivity index (χ4n) is 2.48. The standard InChI is InChI=1S/C14H21BrN2.ClH/c1-11(16)13-6-8-17(9-7-13)10-12-2-4-14(15)5-3-12;/h2-5,11,13H,6-10,16H2,1H3;1H. The summed E-state index contributed by atoms with van der Waals surface area (Å²) in [5.74, 6) is 0.719. The summed E-state index contributed by atoms with van der Waals surface area (Å²) in [4.78, 5) is 2.53. The molecular weight excluding hydrogens is 312 g/mol. The first-order valence-corrected chi connectivity index (χ1v) is 7.17. The van der Waals surface area contributed by atoms with E-state index in [-0.39, 0.29) is 12.4 Å². The first kappa shape index (κ1) is 16.0. The van der Waals surface area contributed by atoms with Gasteiger partial charge in [-0.1, -0.05) is 28.1 Å². The number of nitrogens with two attached hydrogens (primary N) is 1. The van der Waals surface area contributed by atoms with Crippen LogP contribution >= 0.6 is 28.3 Å². The highest BCUT2D eigenvalue weighted by molar-refractivity contribution is 9.10. The summed E-state index contributed by atoms with van der Waals surface area (Å²) in [7, 11) is 0. The van der Waals surface area contributed by atoms with Crippen molar-refractivity contribution < 1.29 is 0 Å². The van der Waals surface area contributed by atoms with Crippen LogP contribution in [0.15, 0.2) is 28.7 Å². The van der Waals surface area contributed by atoms with Gasteiger partial charge < -0.3 is 5.73 Å². The number of hydrogen-bond acceptors (Lipinski definition) is 2. The summed E-state index contributed by atoms with van der Waals surface area (Å²) in [5, 5.41) is 0. The highest BCUT2D eigenvalue weighted by Crippen LogP contribution is 2.21. The summed E-state index contributed by atoms with van der Waals surface area (Å²) in [6, 6.07) is 8.97. The van der Waals surface area contributed by atoms with Gasteiger partial charge in [-0.15, -0.1) is 12.4 Å². The lowest BCUT2D eigenvalue weighted by Crippen LogP contribution is -2.39. The van der Waals surface area contributed by atoms with Gasteiger partial charge in [-0.3, -0.25) is 4.90 Å². The van der Waals surface area contributed by atoms with Gasteiger partial charge in [0.25, 0.3) is 0 Å². The zero-order valence-electron chi connectivity index (χ0n) is 10.8. The summed E-state index contributed by atoms with van der Waals surface area (Å²) in [6.45, 7) is 5.57. The lowest BCUT2D eigenvalue weighted by atomic mass is 9.91. The Morgan fingerprint density at radius 3 is 2.33 bits per heavy atom. The third-order valence-electron chi connectivity index (χ3n) is 3.70. The minimum Gasteiger partial charge on any atom is -0.328 e. The van der Waals surface area contributed by atoms with Gasteiger partial charge in [0.1, 0.15) is 0 Å². The number of benzene rings is 1. The van der Waals surface area contributed by atoms with Gasteiger partial charge in [0.2, 0.25) is 0 Å². The van der Waals surface area contributed by atoms with Crippen molar-refractivity contribution in [1.29, 1.82) is 0 Å². The molecule has 0 amide bonds. The molecule has 1 aromatic carbocycles. The molecule has 0 spiro atoms. The van der Waals surface area contributed by atoms with Crippen LogP contribution in [0, 0.1) is 5.92 Å². The summed E-state index contributed by atoms with van der Waals surface area (Å²) < 4.78 is 1.15. The lowest BCUT2D eigenvalue weighted by Gasteiger charge is -2.33. The van der Waals surface area contributed by atoms with E-state index in [9.17, 15) is 0 Å². The maximum atomic E-state index is 5.96. The second kappa shape index (κ2) is 7.49. The minimum atomic E-state index is 0. The van der Waals surface area contributed by atoms with Crippen LogP contribution < -0.4 is 5.73 Å². The molecule has 1 heterocycles. The minimum absolute atomic E-state index is 0. The van der Waals surface area contributed by atoms with Crippen molar-refractivity contribution in [3.63, 3.8) is 0 Å². The van der Waals surface area contributed by atoms with Gasteiger partial charge in [-0.05, 0) is 56.5 Å². The Balaban J connectivity index is 0.00000162. The predicted molar refractivity (Wildman–Crippen MR) is 83.0 cm³/mol. The molecule has 2 N–H and O–H groups in total. The maximum Gasteiger partial charge on any atom is 0.0233 e. The number of hydrogen-bond donors (Lipinski definition) is 1. The zero-order valence-corrected chi connectivity index (χ0v) is 13.2. The Labute approximate surface area is 124 Å². The highest BCUT2D eigenvalue weighted by atomic mass is 79.9. The van der Waals surface area contributed by atoms with Gasteiger partial charge in [-0.2, -0.15) is 0 Å². The summed E-state index contributed by atoms with van der Waals surface area (Å²) in [6.07, 6.45) is 2.49. The van der Waals surface area contributed by atoms with Crippen molar-refractivity contribution in [3.05, 3.63) is 34.3 Å². The Morgan fingerprint density at radius 2 is 1.83 bits per heavy atom. The molecule has 1 fully saturated rings. The zero-order chi connectivity index (χ0) is 12.3. The van der Waals surface area contributed by atoms with Gasteiger partial charge in [-0.25, -0.2) is 0 Å². The molecule has 4 heteroatoms. The van der Waals surface area contributed by atoms with Crippen molar-refractivity contribution in [1.82, 2.24) is 4.90 Å². The van der Waals surface area contributed by atoms with E-state index in [1.54, 1.807) is 0 Å². The molecule has 1 unspecified atom stereocenters. The molecule has 1 saturated heterocycles. The third kappa shape index (κ3) is 4.54. The van der Waals surface area contributed by atoms with E-state index in [0.717, 1.165) is 16.9 Å². The van der Waals surface area contributed by atoms with Crippen LogP contribution in [0.5, 0.6) is 0 Å². The van der Waals surface area contributed by atoms with Gasteiger partial charge in [0, 0.05) is 17.1 Å². The Hall–Kier alpha value is -0.0900. The number of piperidine rings is 1. The molecule has 102 valence electrons. The van der Waals surface area contributed by atoms with Crippen molar-refractivity contribution >= 4 is 28.3 Å². The van der Waals surface area contributed by atoms with Crippen LogP contribution in [0.3, 0.4) is 0 Å². The van der Waals surface area contributed by atoms with E-state index in [1.807, 2.05) is 0 Å². The topological polar surface area (TPSA) is 29.3 Å². The Morgan fingerprint density at radius 1 is 1.28 bits per heavy atom. The highest BCUT2D eigenvalue weighted by Gasteiger charge is 2.21. The van der Waals surface area contributed by atoms with Gasteiger partial charge in [0.05, 0.1) is 0 Å². The van der Waals surface area contributed by atoms with E-state index in [1.165, 1.54) is 31.5 Å². The average Bonchev–Trinajstić information content (AvgIpc) is 2.33.